The van der Waals surface area contributed by atoms with Gasteiger partial charge in [0.25, 0.3) is 0 Å². The number of carbonyl (C=O) groups is 2. The largest absolute Gasteiger partial charge is 0.461 e. The summed E-state index contributed by atoms with van der Waals surface area (Å²) >= 11 is 0. The molecule has 0 spiro atoms. The third kappa shape index (κ3) is 9.19. The number of carbonyl (C=O) groups excluding carboxylic acids is 2. The summed E-state index contributed by atoms with van der Waals surface area (Å²) in [7, 11) is 0. The van der Waals surface area contributed by atoms with E-state index in [0.29, 0.717) is 18.9 Å². The number of hydrogen-bond donors (Lipinski definition) is 1. The summed E-state index contributed by atoms with van der Waals surface area (Å²) in [5.74, 6) is 0.234. The molecule has 1 aliphatic rings. The summed E-state index contributed by atoms with van der Waals surface area (Å²) in [6.07, 6.45) is 3.14. The molecule has 2 rings (SSSR count). The second-order valence-corrected chi connectivity index (χ2v) is 10.2. The minimum Gasteiger partial charge on any atom is -0.461 e. The number of benzene rings is 1. The number of ether oxygens (including phenoxy) is 3. The molecule has 1 heterocycles. The second kappa shape index (κ2) is 12.2. The number of alkyl carbamates (subject to hydrolysis) is 1. The van der Waals surface area contributed by atoms with Crippen LogP contribution in [0.25, 0.3) is 0 Å². The molecule has 6 nitrogen and oxygen atoms in total. The van der Waals surface area contributed by atoms with Crippen LogP contribution in [-0.4, -0.2) is 42.5 Å². The lowest BCUT2D eigenvalue weighted by Crippen LogP contribution is -2.45. The fraction of sp³-hybridized carbons (Fsp3) is 0.692. The molecule has 1 saturated heterocycles. The van der Waals surface area contributed by atoms with Crippen molar-refractivity contribution in [1.82, 2.24) is 5.32 Å². The van der Waals surface area contributed by atoms with Crippen molar-refractivity contribution >= 4 is 12.1 Å². The Morgan fingerprint density at radius 2 is 1.88 bits per heavy atom. The lowest BCUT2D eigenvalue weighted by atomic mass is 9.86. The fourth-order valence-corrected chi connectivity index (χ4v) is 4.01. The Labute approximate surface area is 193 Å². The van der Waals surface area contributed by atoms with Gasteiger partial charge in [0.2, 0.25) is 0 Å². The van der Waals surface area contributed by atoms with Gasteiger partial charge < -0.3 is 19.5 Å². The fourth-order valence-electron chi connectivity index (χ4n) is 4.01. The van der Waals surface area contributed by atoms with Gasteiger partial charge >= 0.3 is 12.1 Å². The number of aryl methyl sites for hydroxylation is 1. The molecule has 1 N–H and O–H groups in total. The molecule has 0 aromatic heterocycles. The first-order valence-corrected chi connectivity index (χ1v) is 11.9. The van der Waals surface area contributed by atoms with E-state index in [1.165, 1.54) is 5.56 Å². The number of nitrogens with one attached hydrogen (secondary N) is 1. The molecule has 0 aliphatic carbocycles. The van der Waals surface area contributed by atoms with Gasteiger partial charge in [-0.25, -0.2) is 9.59 Å². The van der Waals surface area contributed by atoms with Crippen molar-refractivity contribution in [2.24, 2.45) is 11.8 Å². The summed E-state index contributed by atoms with van der Waals surface area (Å²) in [5, 5.41) is 2.66. The Morgan fingerprint density at radius 1 is 1.19 bits per heavy atom. The van der Waals surface area contributed by atoms with E-state index in [0.717, 1.165) is 25.7 Å². The molecule has 1 aromatic carbocycles. The van der Waals surface area contributed by atoms with E-state index in [1.807, 2.05) is 25.1 Å². The van der Waals surface area contributed by atoms with Crippen molar-refractivity contribution in [3.8, 4) is 0 Å². The predicted octanol–water partition coefficient (Wildman–Crippen LogP) is 5.29. The van der Waals surface area contributed by atoms with Crippen molar-refractivity contribution in [2.45, 2.75) is 97.5 Å². The van der Waals surface area contributed by atoms with Crippen molar-refractivity contribution in [3.63, 3.8) is 0 Å². The van der Waals surface area contributed by atoms with E-state index >= 15 is 0 Å². The van der Waals surface area contributed by atoms with Gasteiger partial charge in [-0.3, -0.25) is 0 Å². The highest BCUT2D eigenvalue weighted by Gasteiger charge is 2.35. The zero-order chi connectivity index (χ0) is 23.7. The Morgan fingerprint density at radius 3 is 2.50 bits per heavy atom. The monoisotopic (exact) mass is 447 g/mol. The highest BCUT2D eigenvalue weighted by Crippen LogP contribution is 2.28. The number of cyclic esters (lactones) is 1. The molecule has 180 valence electrons. The van der Waals surface area contributed by atoms with Crippen LogP contribution >= 0.6 is 0 Å². The van der Waals surface area contributed by atoms with Gasteiger partial charge in [0, 0.05) is 18.9 Å². The maximum Gasteiger partial charge on any atom is 0.408 e. The van der Waals surface area contributed by atoms with E-state index in [1.54, 1.807) is 20.8 Å². The smallest absolute Gasteiger partial charge is 0.408 e. The van der Waals surface area contributed by atoms with E-state index in [-0.39, 0.29) is 18.1 Å². The Balaban J connectivity index is 2.11. The average Bonchev–Trinajstić information content (AvgIpc) is 2.74. The van der Waals surface area contributed by atoms with Gasteiger partial charge in [-0.05, 0) is 58.4 Å². The van der Waals surface area contributed by atoms with E-state index in [4.69, 9.17) is 14.2 Å². The first-order valence-electron chi connectivity index (χ1n) is 11.9. The normalized spacial score (nSPS) is 24.8. The van der Waals surface area contributed by atoms with Crippen LogP contribution in [0, 0.1) is 11.8 Å². The Kier molecular flexibility index (Phi) is 10.0. The van der Waals surface area contributed by atoms with Crippen LogP contribution in [0.15, 0.2) is 30.3 Å². The summed E-state index contributed by atoms with van der Waals surface area (Å²) in [5.41, 5.74) is 0.633. The standard InChI is InChI=1S/C26H41NO5/c1-18(2)12-14-21-19(3)31-24(28)22(27-25(29)32-26(4,5)6)16-17-30-23(21)15-13-20-10-8-7-9-11-20/h7-11,18-19,21-23H,12-17H2,1-6H3,(H,27,29)/t19-,21-,22-,23+/m0/s1. The highest BCUT2D eigenvalue weighted by molar-refractivity contribution is 5.81. The van der Waals surface area contributed by atoms with Gasteiger partial charge in [-0.15, -0.1) is 0 Å². The average molecular weight is 448 g/mol. The highest BCUT2D eigenvalue weighted by atomic mass is 16.6. The van der Waals surface area contributed by atoms with Crippen molar-refractivity contribution in [1.29, 1.82) is 0 Å². The molecule has 1 aliphatic heterocycles. The van der Waals surface area contributed by atoms with Crippen molar-refractivity contribution < 1.29 is 23.8 Å². The number of hydrogen-bond acceptors (Lipinski definition) is 5. The van der Waals surface area contributed by atoms with Crippen LogP contribution in [0.5, 0.6) is 0 Å². The van der Waals surface area contributed by atoms with E-state index in [9.17, 15) is 9.59 Å². The molecule has 1 aromatic rings. The maximum atomic E-state index is 12.9. The second-order valence-electron chi connectivity index (χ2n) is 10.2. The van der Waals surface area contributed by atoms with Gasteiger partial charge in [-0.1, -0.05) is 50.6 Å². The van der Waals surface area contributed by atoms with Gasteiger partial charge in [0.15, 0.2) is 0 Å². The van der Waals surface area contributed by atoms with Crippen LogP contribution in [0.2, 0.25) is 0 Å². The third-order valence-electron chi connectivity index (χ3n) is 5.73. The summed E-state index contributed by atoms with van der Waals surface area (Å²) < 4.78 is 17.5. The maximum absolute atomic E-state index is 12.9. The zero-order valence-electron chi connectivity index (χ0n) is 20.6. The third-order valence-corrected chi connectivity index (χ3v) is 5.73. The number of rotatable bonds is 7. The van der Waals surface area contributed by atoms with Crippen LogP contribution in [0.1, 0.15) is 72.8 Å². The first kappa shape index (κ1) is 26.2. The molecule has 1 fully saturated rings. The molecule has 6 heteroatoms. The molecule has 0 radical (unpaired) electrons. The minimum atomic E-state index is -0.786. The summed E-state index contributed by atoms with van der Waals surface area (Å²) in [4.78, 5) is 25.1. The topological polar surface area (TPSA) is 73.9 Å². The molecule has 32 heavy (non-hydrogen) atoms. The summed E-state index contributed by atoms with van der Waals surface area (Å²) in [6.45, 7) is 12.1. The molecular formula is C26H41NO5. The van der Waals surface area contributed by atoms with Crippen LogP contribution in [-0.2, 0) is 25.4 Å². The number of esters is 1. The van der Waals surface area contributed by atoms with Gasteiger partial charge in [0.05, 0.1) is 6.10 Å². The van der Waals surface area contributed by atoms with Crippen LogP contribution < -0.4 is 5.32 Å². The molecule has 4 atom stereocenters. The number of amides is 1. The summed E-state index contributed by atoms with van der Waals surface area (Å²) in [6, 6.07) is 9.58. The van der Waals surface area contributed by atoms with Gasteiger partial charge in [0.1, 0.15) is 17.7 Å². The SMILES string of the molecule is CC(C)CC[C@H]1[C@H](C)OC(=O)[C@@H](NC(=O)OC(C)(C)C)CCO[C@@H]1CCc1ccccc1. The van der Waals surface area contributed by atoms with Crippen LogP contribution in [0.4, 0.5) is 4.79 Å². The molecule has 0 saturated carbocycles. The zero-order valence-corrected chi connectivity index (χ0v) is 20.6. The van der Waals surface area contributed by atoms with Crippen molar-refractivity contribution in [3.05, 3.63) is 35.9 Å². The lowest BCUT2D eigenvalue weighted by Gasteiger charge is -2.31. The van der Waals surface area contributed by atoms with E-state index in [2.05, 4.69) is 31.3 Å². The van der Waals surface area contributed by atoms with E-state index < -0.39 is 23.7 Å². The quantitative estimate of drug-likeness (QED) is 0.575. The van der Waals surface area contributed by atoms with Crippen LogP contribution in [0.3, 0.4) is 0 Å². The molecule has 0 bridgehead atoms. The first-order chi connectivity index (χ1) is 15.0. The van der Waals surface area contributed by atoms with Crippen molar-refractivity contribution in [2.75, 3.05) is 6.61 Å². The molecule has 1 amide bonds. The predicted molar refractivity (Wildman–Crippen MR) is 125 cm³/mol. The molecule has 0 unspecified atom stereocenters. The Bertz CT molecular complexity index is 713. The molecular weight excluding hydrogens is 406 g/mol. The lowest BCUT2D eigenvalue weighted by molar-refractivity contribution is -0.154. The minimum absolute atomic E-state index is 0.0166. The van der Waals surface area contributed by atoms with Gasteiger partial charge in [-0.2, -0.15) is 0 Å². The Hall–Kier alpha value is -2.08.